The Morgan fingerprint density at radius 2 is 1.92 bits per heavy atom. The number of nitrogens with one attached hydrogen (secondary N) is 2. The van der Waals surface area contributed by atoms with Gasteiger partial charge in [0.15, 0.2) is 0 Å². The Balaban J connectivity index is 1.25. The van der Waals surface area contributed by atoms with Crippen LogP contribution in [0.1, 0.15) is 35.4 Å². The van der Waals surface area contributed by atoms with Gasteiger partial charge in [0, 0.05) is 36.0 Å². The Morgan fingerprint density at radius 1 is 1.14 bits per heavy atom. The number of aryl methyl sites for hydroxylation is 1. The number of aromatic nitrogens is 3. The van der Waals surface area contributed by atoms with Crippen LogP contribution in [0, 0.1) is 6.92 Å². The number of hydrogen-bond acceptors (Lipinski definition) is 6. The number of nitrogens with zero attached hydrogens (tertiary/aromatic N) is 2. The Hall–Kier alpha value is -4.14. The number of benzene rings is 2. The highest BCUT2D eigenvalue weighted by molar-refractivity contribution is 5.83. The zero-order valence-corrected chi connectivity index (χ0v) is 20.2. The third-order valence-electron chi connectivity index (χ3n) is 6.91. The second kappa shape index (κ2) is 9.85. The van der Waals surface area contributed by atoms with E-state index in [0.717, 1.165) is 38.5 Å². The molecule has 5 rings (SSSR count). The number of rotatable bonds is 5. The lowest BCUT2D eigenvalue weighted by Gasteiger charge is -2.32. The summed E-state index contributed by atoms with van der Waals surface area (Å²) in [6.45, 7) is 2.82. The second-order valence-electron chi connectivity index (χ2n) is 9.25. The van der Waals surface area contributed by atoms with E-state index < -0.39 is 18.2 Å². The predicted octanol–water partition coefficient (Wildman–Crippen LogP) is 3.81. The number of carbonyl (C=O) groups excluding carboxylic acids is 2. The lowest BCUT2D eigenvalue weighted by Crippen LogP contribution is -2.42. The summed E-state index contributed by atoms with van der Waals surface area (Å²) in [4.78, 5) is 42.6. The van der Waals surface area contributed by atoms with E-state index in [1.165, 1.54) is 7.11 Å². The Kier molecular flexibility index (Phi) is 6.45. The van der Waals surface area contributed by atoms with Gasteiger partial charge in [-0.1, -0.05) is 24.3 Å². The van der Waals surface area contributed by atoms with Crippen LogP contribution in [0.4, 0.5) is 4.79 Å². The van der Waals surface area contributed by atoms with Gasteiger partial charge in [-0.2, -0.15) is 5.10 Å². The van der Waals surface area contributed by atoms with Gasteiger partial charge >= 0.3 is 12.1 Å². The number of hydrogen-bond donors (Lipinski definition) is 2. The van der Waals surface area contributed by atoms with Gasteiger partial charge in [0.25, 0.3) is 5.56 Å². The molecule has 2 aromatic carbocycles. The van der Waals surface area contributed by atoms with Gasteiger partial charge in [-0.25, -0.2) is 9.59 Å². The predicted molar refractivity (Wildman–Crippen MR) is 135 cm³/mol. The number of amides is 1. The zero-order valence-electron chi connectivity index (χ0n) is 20.2. The largest absolute Gasteiger partial charge is 0.466 e. The molecule has 4 aromatic rings. The molecule has 0 aliphatic carbocycles. The number of aromatic amines is 2. The van der Waals surface area contributed by atoms with E-state index in [1.54, 1.807) is 11.1 Å². The highest BCUT2D eigenvalue weighted by Gasteiger charge is 2.31. The lowest BCUT2D eigenvalue weighted by atomic mass is 9.89. The molecule has 3 heterocycles. The fourth-order valence-electron chi connectivity index (χ4n) is 4.99. The summed E-state index contributed by atoms with van der Waals surface area (Å²) in [6, 6.07) is 13.5. The first-order valence-corrected chi connectivity index (χ1v) is 12.0. The van der Waals surface area contributed by atoms with Crippen LogP contribution in [0.25, 0.3) is 21.8 Å². The molecular formula is C27H28N4O5. The first-order chi connectivity index (χ1) is 17.4. The van der Waals surface area contributed by atoms with Gasteiger partial charge in [0.05, 0.1) is 18.8 Å². The van der Waals surface area contributed by atoms with Crippen molar-refractivity contribution < 1.29 is 19.1 Å². The Labute approximate surface area is 207 Å². The summed E-state index contributed by atoms with van der Waals surface area (Å²) in [7, 11) is 1.28. The van der Waals surface area contributed by atoms with Gasteiger partial charge < -0.3 is 19.4 Å². The number of carbonyl (C=O) groups is 2. The molecule has 1 fully saturated rings. The molecule has 0 spiro atoms. The van der Waals surface area contributed by atoms with Crippen molar-refractivity contribution >= 4 is 33.9 Å². The summed E-state index contributed by atoms with van der Waals surface area (Å²) < 4.78 is 10.5. The molecule has 1 unspecified atom stereocenters. The molecule has 0 saturated carbocycles. The monoisotopic (exact) mass is 488 g/mol. The Bertz CT molecular complexity index is 1480. The molecule has 0 bridgehead atoms. The minimum Gasteiger partial charge on any atom is -0.466 e. The van der Waals surface area contributed by atoms with Crippen molar-refractivity contribution in [2.75, 3.05) is 20.2 Å². The van der Waals surface area contributed by atoms with Crippen molar-refractivity contribution in [3.05, 3.63) is 75.7 Å². The SMILES string of the molecule is COC(=O)C(Cc1cc(C)c2[nH]ncc2c1)OC(=O)N1CCC(c2cc3ccccc3[nH]c2=O)CC1. The molecular weight excluding hydrogens is 460 g/mol. The van der Waals surface area contributed by atoms with Gasteiger partial charge in [0.2, 0.25) is 6.10 Å². The minimum atomic E-state index is -1.06. The second-order valence-corrected chi connectivity index (χ2v) is 9.25. The van der Waals surface area contributed by atoms with Gasteiger partial charge in [-0.15, -0.1) is 0 Å². The Morgan fingerprint density at radius 3 is 2.69 bits per heavy atom. The van der Waals surface area contributed by atoms with Gasteiger partial charge in [-0.05, 0) is 60.4 Å². The average Bonchev–Trinajstić information content (AvgIpc) is 3.37. The van der Waals surface area contributed by atoms with Crippen molar-refractivity contribution in [2.45, 2.75) is 38.2 Å². The van der Waals surface area contributed by atoms with E-state index in [-0.39, 0.29) is 17.9 Å². The molecule has 1 saturated heterocycles. The summed E-state index contributed by atoms with van der Waals surface area (Å²) in [5.41, 5.74) is 4.21. The number of esters is 1. The third-order valence-corrected chi connectivity index (χ3v) is 6.91. The van der Waals surface area contributed by atoms with Crippen LogP contribution in [-0.4, -0.2) is 58.4 Å². The van der Waals surface area contributed by atoms with Crippen LogP contribution in [-0.2, 0) is 20.7 Å². The molecule has 1 aliphatic rings. The van der Waals surface area contributed by atoms with Crippen molar-refractivity contribution in [3.8, 4) is 0 Å². The molecule has 1 amide bonds. The van der Waals surface area contributed by atoms with E-state index in [9.17, 15) is 14.4 Å². The van der Waals surface area contributed by atoms with Crippen LogP contribution < -0.4 is 5.56 Å². The van der Waals surface area contributed by atoms with Crippen molar-refractivity contribution in [3.63, 3.8) is 0 Å². The normalized spacial score (nSPS) is 15.2. The van der Waals surface area contributed by atoms with Gasteiger partial charge in [-0.3, -0.25) is 9.89 Å². The number of methoxy groups -OCH3 is 1. The van der Waals surface area contributed by atoms with Crippen LogP contribution in [0.3, 0.4) is 0 Å². The fourth-order valence-corrected chi connectivity index (χ4v) is 4.99. The van der Waals surface area contributed by atoms with Crippen LogP contribution in [0.2, 0.25) is 0 Å². The number of ether oxygens (including phenoxy) is 2. The molecule has 0 radical (unpaired) electrons. The van der Waals surface area contributed by atoms with E-state index in [2.05, 4.69) is 15.2 Å². The average molecular weight is 489 g/mol. The van der Waals surface area contributed by atoms with E-state index in [1.807, 2.05) is 49.4 Å². The number of piperidine rings is 1. The van der Waals surface area contributed by atoms with Crippen LogP contribution >= 0.6 is 0 Å². The highest BCUT2D eigenvalue weighted by Crippen LogP contribution is 2.28. The highest BCUT2D eigenvalue weighted by atomic mass is 16.6. The maximum absolute atomic E-state index is 13.0. The number of likely N-dealkylation sites (tertiary alicyclic amines) is 1. The summed E-state index contributed by atoms with van der Waals surface area (Å²) >= 11 is 0. The number of H-pyrrole nitrogens is 2. The molecule has 1 aliphatic heterocycles. The molecule has 1 atom stereocenters. The summed E-state index contributed by atoms with van der Waals surface area (Å²) in [5.74, 6) is -0.561. The first kappa shape index (κ1) is 23.6. The van der Waals surface area contributed by atoms with Crippen LogP contribution in [0.15, 0.2) is 53.5 Å². The third kappa shape index (κ3) is 4.68. The summed E-state index contributed by atoms with van der Waals surface area (Å²) in [5, 5.41) is 8.92. The topological polar surface area (TPSA) is 117 Å². The van der Waals surface area contributed by atoms with E-state index in [0.29, 0.717) is 25.9 Å². The molecule has 2 aromatic heterocycles. The van der Waals surface area contributed by atoms with Crippen molar-refractivity contribution in [1.29, 1.82) is 0 Å². The standard InChI is InChI=1S/C27H28N4O5/c1-16-11-17(12-20-15-28-30-24(16)20)13-23(26(33)35-2)36-27(34)31-9-7-18(8-10-31)21-14-19-5-3-4-6-22(19)29-25(21)32/h3-6,11-12,14-15,18,23H,7-10,13H2,1-2H3,(H,28,30)(H,29,32). The molecule has 36 heavy (non-hydrogen) atoms. The van der Waals surface area contributed by atoms with Crippen LogP contribution in [0.5, 0.6) is 0 Å². The zero-order chi connectivity index (χ0) is 25.2. The van der Waals surface area contributed by atoms with Crippen molar-refractivity contribution in [2.24, 2.45) is 0 Å². The number of pyridine rings is 1. The fraction of sp³-hybridized carbons (Fsp3) is 0.333. The molecule has 2 N–H and O–H groups in total. The number of fused-ring (bicyclic) bond motifs is 2. The molecule has 9 nitrogen and oxygen atoms in total. The van der Waals surface area contributed by atoms with Crippen molar-refractivity contribution in [1.82, 2.24) is 20.1 Å². The maximum atomic E-state index is 13.0. The lowest BCUT2D eigenvalue weighted by molar-refractivity contribution is -0.151. The maximum Gasteiger partial charge on any atom is 0.410 e. The first-order valence-electron chi connectivity index (χ1n) is 12.0. The number of para-hydroxylation sites is 1. The van der Waals surface area contributed by atoms with Gasteiger partial charge in [0.1, 0.15) is 0 Å². The smallest absolute Gasteiger partial charge is 0.410 e. The molecule has 9 heteroatoms. The minimum absolute atomic E-state index is 0.0449. The summed E-state index contributed by atoms with van der Waals surface area (Å²) in [6.07, 6.45) is 1.56. The quantitative estimate of drug-likeness (QED) is 0.413. The molecule has 186 valence electrons. The van der Waals surface area contributed by atoms with E-state index >= 15 is 0 Å². The van der Waals surface area contributed by atoms with E-state index in [4.69, 9.17) is 9.47 Å².